The van der Waals surface area contributed by atoms with Crippen molar-refractivity contribution >= 4 is 21.9 Å². The molecule has 0 atom stereocenters. The second-order valence-electron chi connectivity index (χ2n) is 4.03. The van der Waals surface area contributed by atoms with Crippen LogP contribution in [-0.4, -0.2) is 5.97 Å². The summed E-state index contributed by atoms with van der Waals surface area (Å²) < 4.78 is 6.16. The van der Waals surface area contributed by atoms with Gasteiger partial charge < -0.3 is 4.74 Å². The zero-order chi connectivity index (χ0) is 13.0. The molecule has 0 aliphatic carbocycles. The first kappa shape index (κ1) is 12.8. The lowest BCUT2D eigenvalue weighted by Crippen LogP contribution is -2.05. The highest BCUT2D eigenvalue weighted by molar-refractivity contribution is 9.10. The number of hydrogen-bond acceptors (Lipinski definition) is 2. The van der Waals surface area contributed by atoms with Gasteiger partial charge in [-0.15, -0.1) is 0 Å². The van der Waals surface area contributed by atoms with Crippen LogP contribution in [0.15, 0.2) is 53.0 Å². The molecule has 0 aliphatic rings. The van der Waals surface area contributed by atoms with Gasteiger partial charge in [0.1, 0.15) is 6.61 Å². The van der Waals surface area contributed by atoms with E-state index in [0.717, 1.165) is 15.6 Å². The zero-order valence-electron chi connectivity index (χ0n) is 10.0. The quantitative estimate of drug-likeness (QED) is 0.798. The van der Waals surface area contributed by atoms with Crippen molar-refractivity contribution in [3.05, 3.63) is 69.7 Å². The van der Waals surface area contributed by atoms with E-state index < -0.39 is 0 Å². The third kappa shape index (κ3) is 3.20. The summed E-state index contributed by atoms with van der Waals surface area (Å²) in [6, 6.07) is 15.1. The summed E-state index contributed by atoms with van der Waals surface area (Å²) in [7, 11) is 0. The summed E-state index contributed by atoms with van der Waals surface area (Å²) in [6.07, 6.45) is 0. The second kappa shape index (κ2) is 5.83. The summed E-state index contributed by atoms with van der Waals surface area (Å²) in [4.78, 5) is 11.8. The first-order valence-corrected chi connectivity index (χ1v) is 6.43. The number of esters is 1. The minimum absolute atomic E-state index is 0.297. The van der Waals surface area contributed by atoms with Crippen molar-refractivity contribution in [1.29, 1.82) is 0 Å². The third-order valence-corrected chi connectivity index (χ3v) is 3.47. The molecule has 2 nitrogen and oxygen atoms in total. The number of carbonyl (C=O) groups excluding carboxylic acids is 1. The highest BCUT2D eigenvalue weighted by Crippen LogP contribution is 2.18. The number of hydrogen-bond donors (Lipinski definition) is 0. The molecule has 0 aliphatic heterocycles. The number of rotatable bonds is 3. The molecule has 3 heteroatoms. The molecule has 0 N–H and O–H groups in total. The van der Waals surface area contributed by atoms with Crippen LogP contribution in [0.5, 0.6) is 0 Å². The van der Waals surface area contributed by atoms with Gasteiger partial charge in [-0.1, -0.05) is 52.3 Å². The molecule has 0 radical (unpaired) electrons. The van der Waals surface area contributed by atoms with Crippen LogP contribution in [0.25, 0.3) is 0 Å². The van der Waals surface area contributed by atoms with E-state index in [-0.39, 0.29) is 5.97 Å². The Hall–Kier alpha value is -1.61. The lowest BCUT2D eigenvalue weighted by atomic mass is 10.1. The molecule has 0 aromatic heterocycles. The minimum Gasteiger partial charge on any atom is -0.457 e. The molecule has 0 saturated carbocycles. The Bertz CT molecular complexity index is 550. The number of benzene rings is 2. The van der Waals surface area contributed by atoms with E-state index in [1.807, 2.05) is 43.3 Å². The van der Waals surface area contributed by atoms with Gasteiger partial charge in [-0.3, -0.25) is 0 Å². The lowest BCUT2D eigenvalue weighted by Gasteiger charge is -2.06. The topological polar surface area (TPSA) is 26.3 Å². The third-order valence-electron chi connectivity index (χ3n) is 2.62. The normalized spacial score (nSPS) is 10.1. The summed E-state index contributed by atoms with van der Waals surface area (Å²) >= 11 is 3.40. The molecule has 0 unspecified atom stereocenters. The van der Waals surface area contributed by atoms with Crippen LogP contribution >= 0.6 is 15.9 Å². The van der Waals surface area contributed by atoms with E-state index in [2.05, 4.69) is 15.9 Å². The Kier molecular flexibility index (Phi) is 4.15. The van der Waals surface area contributed by atoms with Gasteiger partial charge in [0.2, 0.25) is 0 Å². The van der Waals surface area contributed by atoms with Crippen LogP contribution in [0.4, 0.5) is 0 Å². The molecule has 0 saturated heterocycles. The van der Waals surface area contributed by atoms with E-state index in [4.69, 9.17) is 4.74 Å². The summed E-state index contributed by atoms with van der Waals surface area (Å²) in [5.74, 6) is -0.306. The van der Waals surface area contributed by atoms with Gasteiger partial charge >= 0.3 is 5.97 Å². The van der Waals surface area contributed by atoms with E-state index in [9.17, 15) is 4.79 Å². The van der Waals surface area contributed by atoms with E-state index in [1.54, 1.807) is 12.1 Å². The molecule has 2 aromatic rings. The summed E-state index contributed by atoms with van der Waals surface area (Å²) in [6.45, 7) is 2.27. The van der Waals surface area contributed by atoms with Crippen LogP contribution in [0.1, 0.15) is 21.5 Å². The Morgan fingerprint density at radius 1 is 1.17 bits per heavy atom. The van der Waals surface area contributed by atoms with Crippen LogP contribution in [-0.2, 0) is 11.3 Å². The SMILES string of the molecule is Cc1ccc(C(=O)OCc2ccccc2)cc1Br. The van der Waals surface area contributed by atoms with Crippen LogP contribution in [0.2, 0.25) is 0 Å². The van der Waals surface area contributed by atoms with Crippen molar-refractivity contribution in [1.82, 2.24) is 0 Å². The molecule has 0 heterocycles. The van der Waals surface area contributed by atoms with Crippen molar-refractivity contribution in [3.63, 3.8) is 0 Å². The summed E-state index contributed by atoms with van der Waals surface area (Å²) in [5.41, 5.74) is 2.63. The fourth-order valence-electron chi connectivity index (χ4n) is 1.53. The lowest BCUT2D eigenvalue weighted by molar-refractivity contribution is 0.0472. The number of ether oxygens (including phenoxy) is 1. The average molecular weight is 305 g/mol. The van der Waals surface area contributed by atoms with E-state index >= 15 is 0 Å². The molecular formula is C15H13BrO2. The van der Waals surface area contributed by atoms with Crippen molar-refractivity contribution in [3.8, 4) is 0 Å². The predicted octanol–water partition coefficient (Wildman–Crippen LogP) is 4.11. The molecule has 0 fully saturated rings. The molecule has 2 aromatic carbocycles. The predicted molar refractivity (Wildman–Crippen MR) is 74.4 cm³/mol. The molecular weight excluding hydrogens is 292 g/mol. The van der Waals surface area contributed by atoms with Gasteiger partial charge in [-0.2, -0.15) is 0 Å². The molecule has 0 amide bonds. The maximum Gasteiger partial charge on any atom is 0.338 e. The standard InChI is InChI=1S/C15H13BrO2/c1-11-7-8-13(9-14(11)16)15(17)18-10-12-5-3-2-4-6-12/h2-9H,10H2,1H3. The molecule has 2 rings (SSSR count). The largest absolute Gasteiger partial charge is 0.457 e. The van der Waals surface area contributed by atoms with E-state index in [1.165, 1.54) is 0 Å². The highest BCUT2D eigenvalue weighted by atomic mass is 79.9. The maximum absolute atomic E-state index is 11.8. The smallest absolute Gasteiger partial charge is 0.338 e. The molecule has 92 valence electrons. The van der Waals surface area contributed by atoms with Crippen molar-refractivity contribution in [2.24, 2.45) is 0 Å². The molecule has 18 heavy (non-hydrogen) atoms. The minimum atomic E-state index is -0.306. The van der Waals surface area contributed by atoms with Crippen molar-refractivity contribution in [2.45, 2.75) is 13.5 Å². The Balaban J connectivity index is 2.02. The van der Waals surface area contributed by atoms with Gasteiger partial charge in [0, 0.05) is 4.47 Å². The first-order valence-electron chi connectivity index (χ1n) is 5.64. The molecule has 0 bridgehead atoms. The van der Waals surface area contributed by atoms with Crippen LogP contribution < -0.4 is 0 Å². The van der Waals surface area contributed by atoms with Crippen LogP contribution in [0, 0.1) is 6.92 Å². The monoisotopic (exact) mass is 304 g/mol. The number of aryl methyl sites for hydroxylation is 1. The van der Waals surface area contributed by atoms with Crippen molar-refractivity contribution < 1.29 is 9.53 Å². The zero-order valence-corrected chi connectivity index (χ0v) is 11.6. The summed E-state index contributed by atoms with van der Waals surface area (Å²) in [5, 5.41) is 0. The van der Waals surface area contributed by atoms with Gasteiger partial charge in [-0.25, -0.2) is 4.79 Å². The highest BCUT2D eigenvalue weighted by Gasteiger charge is 2.08. The maximum atomic E-state index is 11.8. The fraction of sp³-hybridized carbons (Fsp3) is 0.133. The Labute approximate surface area is 115 Å². The van der Waals surface area contributed by atoms with Gasteiger partial charge in [-0.05, 0) is 30.2 Å². The van der Waals surface area contributed by atoms with Gasteiger partial charge in [0.25, 0.3) is 0 Å². The van der Waals surface area contributed by atoms with Gasteiger partial charge in [0.05, 0.1) is 5.56 Å². The first-order chi connectivity index (χ1) is 8.66. The van der Waals surface area contributed by atoms with Crippen molar-refractivity contribution in [2.75, 3.05) is 0 Å². The Morgan fingerprint density at radius 2 is 1.89 bits per heavy atom. The number of carbonyl (C=O) groups is 1. The molecule has 0 spiro atoms. The van der Waals surface area contributed by atoms with Gasteiger partial charge in [0.15, 0.2) is 0 Å². The Morgan fingerprint density at radius 3 is 2.56 bits per heavy atom. The fourth-order valence-corrected chi connectivity index (χ4v) is 1.91. The second-order valence-corrected chi connectivity index (χ2v) is 4.88. The van der Waals surface area contributed by atoms with E-state index in [0.29, 0.717) is 12.2 Å². The number of halogens is 1. The average Bonchev–Trinajstić information content (AvgIpc) is 2.40. The van der Waals surface area contributed by atoms with Crippen LogP contribution in [0.3, 0.4) is 0 Å².